The number of amides is 1. The molecule has 0 aliphatic carbocycles. The van der Waals surface area contributed by atoms with Crippen LogP contribution in [0.2, 0.25) is 0 Å². The summed E-state index contributed by atoms with van der Waals surface area (Å²) in [7, 11) is 0. The number of nitrogens with zero attached hydrogens (tertiary/aromatic N) is 1. The van der Waals surface area contributed by atoms with Gasteiger partial charge in [0.2, 0.25) is 0 Å². The molecule has 0 radical (unpaired) electrons. The molecule has 0 spiro atoms. The molecule has 0 saturated heterocycles. The fourth-order valence-electron chi connectivity index (χ4n) is 0.900. The van der Waals surface area contributed by atoms with Crippen molar-refractivity contribution in [3.05, 3.63) is 33.7 Å². The molecule has 5 heteroatoms. The van der Waals surface area contributed by atoms with Crippen LogP contribution in [0.4, 0.5) is 4.48 Å². The highest BCUT2D eigenvalue weighted by Crippen LogP contribution is 2.01. The van der Waals surface area contributed by atoms with Crippen molar-refractivity contribution in [2.75, 3.05) is 0 Å². The lowest BCUT2D eigenvalue weighted by atomic mass is 10.2. The van der Waals surface area contributed by atoms with E-state index in [9.17, 15) is 14.1 Å². The van der Waals surface area contributed by atoms with Crippen molar-refractivity contribution in [1.82, 2.24) is 4.79 Å². The van der Waals surface area contributed by atoms with E-state index in [2.05, 4.69) is 0 Å². The van der Waals surface area contributed by atoms with Crippen LogP contribution >= 0.6 is 0 Å². The molecule has 0 unspecified atom stereocenters. The summed E-state index contributed by atoms with van der Waals surface area (Å²) in [5, 5.41) is 0. The first-order chi connectivity index (χ1) is 5.54. The Hall–Kier alpha value is -1.65. The number of carbonyl (C=O) groups excluding carboxylic acids is 1. The minimum atomic E-state index is -0.951. The van der Waals surface area contributed by atoms with Crippen molar-refractivity contribution in [3.63, 3.8) is 0 Å². The molecular formula is C7H7FN2O2. The first-order valence-corrected chi connectivity index (χ1v) is 3.22. The van der Waals surface area contributed by atoms with E-state index in [1.54, 1.807) is 0 Å². The van der Waals surface area contributed by atoms with E-state index in [-0.39, 0.29) is 10.4 Å². The van der Waals surface area contributed by atoms with E-state index in [0.29, 0.717) is 0 Å². The number of primary amides is 1. The molecule has 1 amide bonds. The molecule has 0 aromatic carbocycles. The number of aromatic nitrogens is 1. The van der Waals surface area contributed by atoms with Gasteiger partial charge in [-0.25, -0.2) is 0 Å². The van der Waals surface area contributed by atoms with Crippen LogP contribution in [0.5, 0.6) is 0 Å². The molecule has 0 fully saturated rings. The lowest BCUT2D eigenvalue weighted by Gasteiger charge is -2.02. The Morgan fingerprint density at radius 2 is 2.25 bits per heavy atom. The van der Waals surface area contributed by atoms with E-state index in [1.165, 1.54) is 6.92 Å². The van der Waals surface area contributed by atoms with Crippen LogP contribution in [-0.2, 0) is 0 Å². The second-order valence-corrected chi connectivity index (χ2v) is 2.33. The third-order valence-electron chi connectivity index (χ3n) is 1.53. The second-order valence-electron chi connectivity index (χ2n) is 2.33. The molecular weight excluding hydrogens is 163 g/mol. The summed E-state index contributed by atoms with van der Waals surface area (Å²) < 4.78 is 12.8. The summed E-state index contributed by atoms with van der Waals surface area (Å²) in [5.74, 6) is -0.951. The highest BCUT2D eigenvalue weighted by atomic mass is 19.2. The molecule has 0 saturated carbocycles. The lowest BCUT2D eigenvalue weighted by molar-refractivity contribution is 0.0979. The molecule has 4 nitrogen and oxygen atoms in total. The molecule has 2 N–H and O–H groups in total. The fourth-order valence-corrected chi connectivity index (χ4v) is 0.900. The van der Waals surface area contributed by atoms with Crippen LogP contribution in [0.1, 0.15) is 16.1 Å². The Morgan fingerprint density at radius 3 is 2.67 bits per heavy atom. The number of carbonyl (C=O) groups is 1. The minimum absolute atomic E-state index is 0.0208. The van der Waals surface area contributed by atoms with Crippen LogP contribution in [-0.4, -0.2) is 10.7 Å². The van der Waals surface area contributed by atoms with E-state index in [0.717, 1.165) is 12.3 Å². The molecule has 1 aromatic heterocycles. The van der Waals surface area contributed by atoms with Gasteiger partial charge in [-0.3, -0.25) is 9.59 Å². The van der Waals surface area contributed by atoms with Gasteiger partial charge in [-0.15, -0.1) is 0 Å². The Balaban J connectivity index is 3.54. The maximum atomic E-state index is 12.8. The first-order valence-electron chi connectivity index (χ1n) is 3.22. The van der Waals surface area contributed by atoms with Gasteiger partial charge in [0.15, 0.2) is 5.43 Å². The third-order valence-corrected chi connectivity index (χ3v) is 1.53. The van der Waals surface area contributed by atoms with Gasteiger partial charge in [0.25, 0.3) is 5.91 Å². The molecule has 0 atom stereocenters. The Kier molecular flexibility index (Phi) is 1.95. The van der Waals surface area contributed by atoms with Crippen LogP contribution in [0, 0.1) is 6.92 Å². The summed E-state index contributed by atoms with van der Waals surface area (Å²) in [4.78, 5) is 21.6. The maximum absolute atomic E-state index is 12.8. The van der Waals surface area contributed by atoms with Gasteiger partial charge in [-0.2, -0.15) is 4.79 Å². The zero-order valence-corrected chi connectivity index (χ0v) is 6.37. The Bertz CT molecular complexity index is 383. The average molecular weight is 170 g/mol. The molecule has 1 aromatic rings. The molecule has 0 bridgehead atoms. The molecule has 0 aliphatic rings. The average Bonchev–Trinajstić information content (AvgIpc) is 1.97. The molecule has 64 valence electrons. The van der Waals surface area contributed by atoms with Gasteiger partial charge >= 0.3 is 0 Å². The number of pyridine rings is 1. The number of nitrogens with two attached hydrogens (primary N) is 1. The topological polar surface area (TPSA) is 65.1 Å². The first kappa shape index (κ1) is 8.45. The molecule has 0 aliphatic heterocycles. The lowest BCUT2D eigenvalue weighted by Crippen LogP contribution is -2.22. The van der Waals surface area contributed by atoms with Crippen molar-refractivity contribution in [2.45, 2.75) is 6.92 Å². The van der Waals surface area contributed by atoms with Crippen molar-refractivity contribution in [1.29, 1.82) is 0 Å². The van der Waals surface area contributed by atoms with E-state index in [1.807, 2.05) is 0 Å². The molecule has 1 heterocycles. The van der Waals surface area contributed by atoms with Gasteiger partial charge in [0.1, 0.15) is 5.69 Å². The second kappa shape index (κ2) is 2.77. The number of rotatable bonds is 1. The predicted molar refractivity (Wildman–Crippen MR) is 40.5 cm³/mol. The number of hydrogen-bond donors (Lipinski definition) is 1. The molecule has 1 rings (SSSR count). The van der Waals surface area contributed by atoms with Gasteiger partial charge in [-0.05, 0) is 6.92 Å². The number of halogens is 1. The van der Waals surface area contributed by atoms with Gasteiger partial charge < -0.3 is 5.73 Å². The van der Waals surface area contributed by atoms with Crippen molar-refractivity contribution >= 4 is 5.91 Å². The van der Waals surface area contributed by atoms with E-state index >= 15 is 0 Å². The fraction of sp³-hybridized carbons (Fsp3) is 0.143. The normalized spacial score (nSPS) is 9.83. The maximum Gasteiger partial charge on any atom is 0.268 e. The highest BCUT2D eigenvalue weighted by molar-refractivity contribution is 5.92. The van der Waals surface area contributed by atoms with Gasteiger partial charge in [-0.1, -0.05) is 4.48 Å². The summed E-state index contributed by atoms with van der Waals surface area (Å²) in [6.45, 7) is 1.35. The van der Waals surface area contributed by atoms with E-state index < -0.39 is 17.0 Å². The minimum Gasteiger partial charge on any atom is -0.364 e. The van der Waals surface area contributed by atoms with Crippen molar-refractivity contribution < 1.29 is 9.28 Å². The highest BCUT2D eigenvalue weighted by Gasteiger charge is 2.11. The Labute approximate surface area is 67.4 Å². The van der Waals surface area contributed by atoms with Crippen molar-refractivity contribution in [3.8, 4) is 0 Å². The van der Waals surface area contributed by atoms with Gasteiger partial charge in [0.05, 0.1) is 0 Å². The van der Waals surface area contributed by atoms with Crippen LogP contribution < -0.4 is 11.2 Å². The zero-order valence-electron chi connectivity index (χ0n) is 6.37. The largest absolute Gasteiger partial charge is 0.364 e. The van der Waals surface area contributed by atoms with Crippen LogP contribution in [0.3, 0.4) is 0 Å². The van der Waals surface area contributed by atoms with Crippen molar-refractivity contribution in [2.24, 2.45) is 5.73 Å². The summed E-state index contributed by atoms with van der Waals surface area (Å²) >= 11 is 0. The van der Waals surface area contributed by atoms with Crippen LogP contribution in [0.25, 0.3) is 0 Å². The number of hydrogen-bond acceptors (Lipinski definition) is 2. The van der Waals surface area contributed by atoms with E-state index in [4.69, 9.17) is 5.73 Å². The third kappa shape index (κ3) is 1.20. The van der Waals surface area contributed by atoms with Gasteiger partial charge in [0, 0.05) is 17.8 Å². The quantitative estimate of drug-likeness (QED) is 0.644. The Morgan fingerprint density at radius 1 is 1.67 bits per heavy atom. The summed E-state index contributed by atoms with van der Waals surface area (Å²) in [6, 6.07) is 1.03. The standard InChI is InChI=1S/C7H7FN2O2/c1-4-5(11)2-3-10(8)6(4)7(9)12/h2-3H,1H3,(H2,9,12). The molecule has 12 heavy (non-hydrogen) atoms. The zero-order chi connectivity index (χ0) is 9.30. The summed E-state index contributed by atoms with van der Waals surface area (Å²) in [6.07, 6.45) is 0.857. The summed E-state index contributed by atoms with van der Waals surface area (Å²) in [5.41, 5.74) is 4.06. The SMILES string of the molecule is Cc1c(C(N)=O)n(F)ccc1=O. The van der Waals surface area contributed by atoms with Crippen LogP contribution in [0.15, 0.2) is 17.1 Å². The smallest absolute Gasteiger partial charge is 0.268 e. The monoisotopic (exact) mass is 170 g/mol. The predicted octanol–water partition coefficient (Wildman–Crippen LogP) is -0.0118.